The standard InChI is InChI=1S/C22H28N2S/c1-4-15-24-21-13-9-8-12-19(21)20(22(24)14-16-23(2)3)17-25-18-10-6-5-7-11-18/h5-13H,4,14-17H2,1-3H3. The number of aryl methyl sites for hydroxylation is 1. The maximum atomic E-state index is 2.56. The van der Waals surface area contributed by atoms with Gasteiger partial charge >= 0.3 is 0 Å². The summed E-state index contributed by atoms with van der Waals surface area (Å²) in [5.74, 6) is 1.03. The quantitative estimate of drug-likeness (QED) is 0.498. The highest BCUT2D eigenvalue weighted by atomic mass is 32.2. The third kappa shape index (κ3) is 4.28. The number of likely N-dealkylation sites (N-methyl/N-ethyl adjacent to an activating group) is 1. The molecule has 1 heterocycles. The molecule has 3 aromatic rings. The highest BCUT2D eigenvalue weighted by molar-refractivity contribution is 7.98. The SMILES string of the molecule is CCCn1c(CCN(C)C)c(CSc2ccccc2)c2ccccc21. The molecular formula is C22H28N2S. The van der Waals surface area contributed by atoms with E-state index in [0.717, 1.165) is 25.3 Å². The Morgan fingerprint density at radius 1 is 0.960 bits per heavy atom. The summed E-state index contributed by atoms with van der Waals surface area (Å²) in [4.78, 5) is 3.62. The van der Waals surface area contributed by atoms with Crippen LogP contribution in [0, 0.1) is 0 Å². The van der Waals surface area contributed by atoms with Gasteiger partial charge in [0.15, 0.2) is 0 Å². The number of fused-ring (bicyclic) bond motifs is 1. The van der Waals surface area contributed by atoms with Gasteiger partial charge in [-0.2, -0.15) is 0 Å². The van der Waals surface area contributed by atoms with Gasteiger partial charge in [-0.1, -0.05) is 43.3 Å². The van der Waals surface area contributed by atoms with E-state index in [4.69, 9.17) is 0 Å². The van der Waals surface area contributed by atoms with Crippen molar-refractivity contribution < 1.29 is 0 Å². The molecule has 0 saturated carbocycles. The number of nitrogens with zero attached hydrogens (tertiary/aromatic N) is 2. The molecule has 25 heavy (non-hydrogen) atoms. The molecule has 2 nitrogen and oxygen atoms in total. The first kappa shape index (κ1) is 18.1. The molecular weight excluding hydrogens is 324 g/mol. The summed E-state index contributed by atoms with van der Waals surface area (Å²) in [6.45, 7) is 4.45. The van der Waals surface area contributed by atoms with Crippen LogP contribution in [0.15, 0.2) is 59.5 Å². The monoisotopic (exact) mass is 352 g/mol. The lowest BCUT2D eigenvalue weighted by Gasteiger charge is -2.14. The number of rotatable bonds is 8. The maximum Gasteiger partial charge on any atom is 0.0485 e. The van der Waals surface area contributed by atoms with Crippen LogP contribution < -0.4 is 0 Å². The normalized spacial score (nSPS) is 11.5. The Bertz CT molecular complexity index is 806. The van der Waals surface area contributed by atoms with Gasteiger partial charge < -0.3 is 9.47 Å². The number of benzene rings is 2. The molecule has 0 radical (unpaired) electrons. The van der Waals surface area contributed by atoms with E-state index in [1.807, 2.05) is 11.8 Å². The second-order valence-corrected chi connectivity index (χ2v) is 7.80. The van der Waals surface area contributed by atoms with Crippen LogP contribution in [0.25, 0.3) is 10.9 Å². The van der Waals surface area contributed by atoms with E-state index < -0.39 is 0 Å². The van der Waals surface area contributed by atoms with E-state index in [1.165, 1.54) is 33.5 Å². The van der Waals surface area contributed by atoms with Crippen molar-refractivity contribution in [3.05, 3.63) is 65.9 Å². The summed E-state index contributed by atoms with van der Waals surface area (Å²) >= 11 is 1.94. The minimum Gasteiger partial charge on any atom is -0.344 e. The lowest BCUT2D eigenvalue weighted by molar-refractivity contribution is 0.408. The van der Waals surface area contributed by atoms with Gasteiger partial charge in [0.25, 0.3) is 0 Å². The largest absolute Gasteiger partial charge is 0.344 e. The van der Waals surface area contributed by atoms with E-state index in [2.05, 4.69) is 85.1 Å². The van der Waals surface area contributed by atoms with Gasteiger partial charge in [-0.3, -0.25) is 0 Å². The molecule has 0 atom stereocenters. The minimum atomic E-state index is 1.03. The number of aromatic nitrogens is 1. The molecule has 0 spiro atoms. The average Bonchev–Trinajstić information content (AvgIpc) is 2.92. The van der Waals surface area contributed by atoms with Gasteiger partial charge in [0.2, 0.25) is 0 Å². The highest BCUT2D eigenvalue weighted by Crippen LogP contribution is 2.32. The molecule has 0 unspecified atom stereocenters. The van der Waals surface area contributed by atoms with Gasteiger partial charge in [0, 0.05) is 46.8 Å². The Morgan fingerprint density at radius 2 is 1.68 bits per heavy atom. The molecule has 0 aliphatic carbocycles. The van der Waals surface area contributed by atoms with Crippen molar-refractivity contribution in [2.75, 3.05) is 20.6 Å². The number of thioether (sulfide) groups is 1. The molecule has 1 aromatic heterocycles. The fourth-order valence-corrected chi connectivity index (χ4v) is 4.34. The van der Waals surface area contributed by atoms with Gasteiger partial charge in [-0.25, -0.2) is 0 Å². The Morgan fingerprint density at radius 3 is 2.40 bits per heavy atom. The van der Waals surface area contributed by atoms with Crippen molar-refractivity contribution in [1.29, 1.82) is 0 Å². The molecule has 0 aliphatic rings. The van der Waals surface area contributed by atoms with Gasteiger partial charge in [0.1, 0.15) is 0 Å². The first-order valence-corrected chi connectivity index (χ1v) is 10.1. The number of para-hydroxylation sites is 1. The maximum absolute atomic E-state index is 2.56. The molecule has 3 heteroatoms. The van der Waals surface area contributed by atoms with E-state index in [9.17, 15) is 0 Å². The van der Waals surface area contributed by atoms with E-state index in [0.29, 0.717) is 0 Å². The minimum absolute atomic E-state index is 1.03. The zero-order valence-electron chi connectivity index (χ0n) is 15.5. The van der Waals surface area contributed by atoms with Gasteiger partial charge in [-0.15, -0.1) is 11.8 Å². The summed E-state index contributed by atoms with van der Waals surface area (Å²) in [5, 5.41) is 1.42. The van der Waals surface area contributed by atoms with Crippen molar-refractivity contribution >= 4 is 22.7 Å². The lowest BCUT2D eigenvalue weighted by Crippen LogP contribution is -2.17. The summed E-state index contributed by atoms with van der Waals surface area (Å²) < 4.78 is 2.56. The van der Waals surface area contributed by atoms with Gasteiger partial charge in [0.05, 0.1) is 0 Å². The van der Waals surface area contributed by atoms with E-state index in [1.54, 1.807) is 0 Å². The van der Waals surface area contributed by atoms with Crippen LogP contribution in [0.1, 0.15) is 24.6 Å². The molecule has 0 fully saturated rings. The smallest absolute Gasteiger partial charge is 0.0485 e. The predicted molar refractivity (Wildman–Crippen MR) is 110 cm³/mol. The fourth-order valence-electron chi connectivity index (χ4n) is 3.36. The zero-order chi connectivity index (χ0) is 17.6. The summed E-state index contributed by atoms with van der Waals surface area (Å²) in [6, 6.07) is 19.6. The van der Waals surface area contributed by atoms with Crippen molar-refractivity contribution in [2.24, 2.45) is 0 Å². The third-order valence-corrected chi connectivity index (χ3v) is 5.60. The van der Waals surface area contributed by atoms with Crippen molar-refractivity contribution in [3.8, 4) is 0 Å². The van der Waals surface area contributed by atoms with E-state index >= 15 is 0 Å². The van der Waals surface area contributed by atoms with Crippen molar-refractivity contribution in [3.63, 3.8) is 0 Å². The highest BCUT2D eigenvalue weighted by Gasteiger charge is 2.16. The molecule has 0 aliphatic heterocycles. The van der Waals surface area contributed by atoms with Crippen LogP contribution in [0.3, 0.4) is 0 Å². The van der Waals surface area contributed by atoms with E-state index in [-0.39, 0.29) is 0 Å². The molecule has 3 rings (SSSR count). The predicted octanol–water partition coefficient (Wildman–Crippen LogP) is 5.45. The van der Waals surface area contributed by atoms with Crippen LogP contribution in [0.2, 0.25) is 0 Å². The Balaban J connectivity index is 1.99. The number of hydrogen-bond acceptors (Lipinski definition) is 2. The molecule has 2 aromatic carbocycles. The van der Waals surface area contributed by atoms with Crippen LogP contribution in [-0.4, -0.2) is 30.1 Å². The van der Waals surface area contributed by atoms with Crippen LogP contribution in [-0.2, 0) is 18.7 Å². The van der Waals surface area contributed by atoms with Crippen LogP contribution in [0.5, 0.6) is 0 Å². The zero-order valence-corrected chi connectivity index (χ0v) is 16.4. The van der Waals surface area contributed by atoms with Crippen LogP contribution >= 0.6 is 11.8 Å². The molecule has 0 bridgehead atoms. The third-order valence-electron chi connectivity index (χ3n) is 4.56. The average molecular weight is 353 g/mol. The van der Waals surface area contributed by atoms with Crippen molar-refractivity contribution in [1.82, 2.24) is 9.47 Å². The first-order valence-electron chi connectivity index (χ1n) is 9.12. The molecule has 132 valence electrons. The second kappa shape index (κ2) is 8.59. The first-order chi connectivity index (χ1) is 12.2. The second-order valence-electron chi connectivity index (χ2n) is 6.75. The summed E-state index contributed by atoms with van der Waals surface area (Å²) in [7, 11) is 4.32. The lowest BCUT2D eigenvalue weighted by atomic mass is 10.1. The topological polar surface area (TPSA) is 8.17 Å². The fraction of sp³-hybridized carbons (Fsp3) is 0.364. The van der Waals surface area contributed by atoms with Crippen molar-refractivity contribution in [2.45, 2.75) is 37.0 Å². The Hall–Kier alpha value is -1.71. The number of hydrogen-bond donors (Lipinski definition) is 0. The Labute approximate surface area is 155 Å². The molecule has 0 N–H and O–H groups in total. The summed E-state index contributed by atoms with van der Waals surface area (Å²) in [5.41, 5.74) is 4.42. The molecule has 0 saturated heterocycles. The Kier molecular flexibility index (Phi) is 6.22. The van der Waals surface area contributed by atoms with Crippen LogP contribution in [0.4, 0.5) is 0 Å². The summed E-state index contributed by atoms with van der Waals surface area (Å²) in [6.07, 6.45) is 2.27. The molecule has 0 amide bonds. The van der Waals surface area contributed by atoms with Gasteiger partial charge in [-0.05, 0) is 44.3 Å².